The van der Waals surface area contributed by atoms with Gasteiger partial charge in [-0.15, -0.1) is 0 Å². The summed E-state index contributed by atoms with van der Waals surface area (Å²) in [5.41, 5.74) is 2.79. The Morgan fingerprint density at radius 1 is 1.29 bits per heavy atom. The highest BCUT2D eigenvalue weighted by Crippen LogP contribution is 2.29. The van der Waals surface area contributed by atoms with Crippen LogP contribution in [0.15, 0.2) is 24.3 Å². The highest BCUT2D eigenvalue weighted by molar-refractivity contribution is 5.81. The second-order valence-electron chi connectivity index (χ2n) is 6.51. The summed E-state index contributed by atoms with van der Waals surface area (Å²) in [6.07, 6.45) is 4.49. The zero-order valence-electron chi connectivity index (χ0n) is 13.5. The van der Waals surface area contributed by atoms with Crippen LogP contribution in [-0.2, 0) is 11.2 Å². The molecule has 116 valence electrons. The van der Waals surface area contributed by atoms with Crippen LogP contribution in [0.4, 0.5) is 0 Å². The summed E-state index contributed by atoms with van der Waals surface area (Å²) in [5, 5.41) is 6.53. The van der Waals surface area contributed by atoms with Gasteiger partial charge in [-0.2, -0.15) is 0 Å². The van der Waals surface area contributed by atoms with Gasteiger partial charge in [-0.05, 0) is 49.7 Å². The predicted molar refractivity (Wildman–Crippen MR) is 87.2 cm³/mol. The molecule has 3 nitrogen and oxygen atoms in total. The van der Waals surface area contributed by atoms with Crippen LogP contribution < -0.4 is 10.6 Å². The summed E-state index contributed by atoms with van der Waals surface area (Å²) in [6.45, 7) is 7.07. The summed E-state index contributed by atoms with van der Waals surface area (Å²) in [6, 6.07) is 8.75. The number of rotatable bonds is 6. The Labute approximate surface area is 128 Å². The number of hydrogen-bond acceptors (Lipinski definition) is 2. The van der Waals surface area contributed by atoms with E-state index in [4.69, 9.17) is 0 Å². The number of nitrogens with one attached hydrogen (secondary N) is 2. The summed E-state index contributed by atoms with van der Waals surface area (Å²) in [4.78, 5) is 12.1. The average Bonchev–Trinajstić information content (AvgIpc) is 2.47. The smallest absolute Gasteiger partial charge is 0.236 e. The van der Waals surface area contributed by atoms with Crippen LogP contribution in [0.3, 0.4) is 0 Å². The third-order valence-electron chi connectivity index (χ3n) is 4.23. The molecule has 0 saturated heterocycles. The monoisotopic (exact) mass is 288 g/mol. The van der Waals surface area contributed by atoms with Crippen molar-refractivity contribution in [3.8, 4) is 0 Å². The van der Waals surface area contributed by atoms with Crippen LogP contribution in [-0.4, -0.2) is 18.5 Å². The van der Waals surface area contributed by atoms with Gasteiger partial charge in [-0.3, -0.25) is 10.1 Å². The van der Waals surface area contributed by atoms with Crippen LogP contribution in [0.5, 0.6) is 0 Å². The molecule has 1 aliphatic rings. The maximum absolute atomic E-state index is 12.1. The third kappa shape index (κ3) is 4.57. The first-order valence-electron chi connectivity index (χ1n) is 8.19. The average molecular weight is 288 g/mol. The second-order valence-corrected chi connectivity index (χ2v) is 6.51. The van der Waals surface area contributed by atoms with E-state index in [1.54, 1.807) is 0 Å². The van der Waals surface area contributed by atoms with E-state index in [1.807, 2.05) is 6.92 Å². The molecule has 2 rings (SSSR count). The fourth-order valence-electron chi connectivity index (χ4n) is 2.94. The molecule has 1 aromatic rings. The lowest BCUT2D eigenvalue weighted by Gasteiger charge is -2.29. The van der Waals surface area contributed by atoms with Crippen molar-refractivity contribution in [2.75, 3.05) is 6.54 Å². The minimum absolute atomic E-state index is 0.110. The van der Waals surface area contributed by atoms with Gasteiger partial charge in [0.15, 0.2) is 0 Å². The van der Waals surface area contributed by atoms with Crippen molar-refractivity contribution in [2.45, 2.75) is 58.5 Å². The fraction of sp³-hybridized carbons (Fsp3) is 0.611. The highest BCUT2D eigenvalue weighted by Gasteiger charge is 2.23. The molecule has 0 saturated carbocycles. The van der Waals surface area contributed by atoms with Gasteiger partial charge < -0.3 is 5.32 Å². The number of amides is 1. The van der Waals surface area contributed by atoms with Crippen molar-refractivity contribution in [2.24, 2.45) is 5.92 Å². The molecular weight excluding hydrogens is 260 g/mol. The Balaban J connectivity index is 1.88. The Kier molecular flexibility index (Phi) is 5.80. The van der Waals surface area contributed by atoms with E-state index in [-0.39, 0.29) is 11.9 Å². The van der Waals surface area contributed by atoms with Crippen molar-refractivity contribution in [1.29, 1.82) is 0 Å². The summed E-state index contributed by atoms with van der Waals surface area (Å²) in [7, 11) is 0. The Bertz CT molecular complexity index is 470. The molecule has 1 amide bonds. The van der Waals surface area contributed by atoms with Gasteiger partial charge in [0.1, 0.15) is 0 Å². The molecule has 0 aliphatic heterocycles. The fourth-order valence-corrected chi connectivity index (χ4v) is 2.94. The first-order chi connectivity index (χ1) is 10.1. The van der Waals surface area contributed by atoms with Crippen LogP contribution in [0.25, 0.3) is 0 Å². The highest BCUT2D eigenvalue weighted by atomic mass is 16.2. The van der Waals surface area contributed by atoms with Crippen molar-refractivity contribution >= 4 is 5.91 Å². The van der Waals surface area contributed by atoms with E-state index in [1.165, 1.54) is 17.5 Å². The molecule has 0 spiro atoms. The van der Waals surface area contributed by atoms with E-state index in [9.17, 15) is 4.79 Å². The van der Waals surface area contributed by atoms with Gasteiger partial charge in [0, 0.05) is 12.6 Å². The van der Waals surface area contributed by atoms with Crippen molar-refractivity contribution in [3.63, 3.8) is 0 Å². The zero-order chi connectivity index (χ0) is 15.2. The lowest BCUT2D eigenvalue weighted by molar-refractivity contribution is -0.123. The number of fused-ring (bicyclic) bond motifs is 1. The number of carbonyl (C=O) groups excluding carboxylic acids is 1. The molecule has 1 aromatic carbocycles. The third-order valence-corrected chi connectivity index (χ3v) is 4.23. The van der Waals surface area contributed by atoms with Gasteiger partial charge >= 0.3 is 0 Å². The van der Waals surface area contributed by atoms with Crippen molar-refractivity contribution in [1.82, 2.24) is 10.6 Å². The summed E-state index contributed by atoms with van der Waals surface area (Å²) < 4.78 is 0. The molecule has 1 aliphatic carbocycles. The molecule has 2 N–H and O–H groups in total. The Morgan fingerprint density at radius 3 is 2.81 bits per heavy atom. The molecule has 0 heterocycles. The second kappa shape index (κ2) is 7.60. The minimum atomic E-state index is -0.145. The van der Waals surface area contributed by atoms with Crippen LogP contribution in [0.1, 0.15) is 57.2 Å². The molecule has 21 heavy (non-hydrogen) atoms. The molecule has 0 radical (unpaired) electrons. The molecule has 2 atom stereocenters. The largest absolute Gasteiger partial charge is 0.355 e. The minimum Gasteiger partial charge on any atom is -0.355 e. The van der Waals surface area contributed by atoms with E-state index in [2.05, 4.69) is 48.7 Å². The van der Waals surface area contributed by atoms with E-state index < -0.39 is 0 Å². The van der Waals surface area contributed by atoms with Crippen LogP contribution >= 0.6 is 0 Å². The first-order valence-corrected chi connectivity index (χ1v) is 8.19. The quantitative estimate of drug-likeness (QED) is 0.844. The van der Waals surface area contributed by atoms with Crippen LogP contribution in [0, 0.1) is 5.92 Å². The van der Waals surface area contributed by atoms with Gasteiger partial charge in [-0.25, -0.2) is 0 Å². The van der Waals surface area contributed by atoms with Crippen molar-refractivity contribution in [3.05, 3.63) is 35.4 Å². The van der Waals surface area contributed by atoms with Gasteiger partial charge in [-0.1, -0.05) is 38.1 Å². The lowest BCUT2D eigenvalue weighted by Crippen LogP contribution is -2.44. The number of benzene rings is 1. The predicted octanol–water partition coefficient (Wildman–Crippen LogP) is 3.20. The Morgan fingerprint density at radius 2 is 2.05 bits per heavy atom. The molecular formula is C18H28N2O. The SMILES string of the molecule is CC(C)CCNC(=O)C(C)NC1CCCc2ccccc21. The molecule has 0 bridgehead atoms. The van der Waals surface area contributed by atoms with Crippen molar-refractivity contribution < 1.29 is 4.79 Å². The maximum Gasteiger partial charge on any atom is 0.236 e. The number of aryl methyl sites for hydroxylation is 1. The maximum atomic E-state index is 12.1. The molecule has 2 unspecified atom stereocenters. The zero-order valence-corrected chi connectivity index (χ0v) is 13.5. The topological polar surface area (TPSA) is 41.1 Å². The van der Waals surface area contributed by atoms with E-state index in [0.29, 0.717) is 12.0 Å². The molecule has 0 fully saturated rings. The van der Waals surface area contributed by atoms with Gasteiger partial charge in [0.2, 0.25) is 5.91 Å². The summed E-state index contributed by atoms with van der Waals surface area (Å²) in [5.74, 6) is 0.734. The Hall–Kier alpha value is -1.35. The van der Waals surface area contributed by atoms with Gasteiger partial charge in [0.05, 0.1) is 6.04 Å². The molecule has 0 aromatic heterocycles. The lowest BCUT2D eigenvalue weighted by atomic mass is 9.87. The molecule has 3 heteroatoms. The number of carbonyl (C=O) groups is 1. The van der Waals surface area contributed by atoms with E-state index >= 15 is 0 Å². The normalized spacial score (nSPS) is 19.1. The first kappa shape index (κ1) is 16.0. The van der Waals surface area contributed by atoms with Crippen LogP contribution in [0.2, 0.25) is 0 Å². The standard InChI is InChI=1S/C18H28N2O/c1-13(2)11-12-19-18(21)14(3)20-17-10-6-8-15-7-4-5-9-16(15)17/h4-5,7,9,13-14,17,20H,6,8,10-12H2,1-3H3,(H,19,21). The number of hydrogen-bond donors (Lipinski definition) is 2. The summed E-state index contributed by atoms with van der Waals surface area (Å²) >= 11 is 0. The van der Waals surface area contributed by atoms with Gasteiger partial charge in [0.25, 0.3) is 0 Å². The van der Waals surface area contributed by atoms with E-state index in [0.717, 1.165) is 25.8 Å².